The smallest absolute Gasteiger partial charge is 0.252 e. The van der Waals surface area contributed by atoms with Crippen LogP contribution in [0.25, 0.3) is 0 Å². The molecule has 2 aromatic carbocycles. The van der Waals surface area contributed by atoms with Crippen LogP contribution in [0.1, 0.15) is 10.4 Å². The van der Waals surface area contributed by atoms with Crippen molar-refractivity contribution in [3.05, 3.63) is 63.7 Å². The minimum atomic E-state index is -0.248. The Labute approximate surface area is 155 Å². The van der Waals surface area contributed by atoms with Gasteiger partial charge in [0.05, 0.1) is 18.7 Å². The van der Waals surface area contributed by atoms with Gasteiger partial charge in [0.2, 0.25) is 5.91 Å². The van der Waals surface area contributed by atoms with Crippen molar-refractivity contribution in [1.29, 1.82) is 0 Å². The maximum Gasteiger partial charge on any atom is 0.252 e. The van der Waals surface area contributed by atoms with Crippen LogP contribution in [-0.2, 0) is 4.79 Å². The lowest BCUT2D eigenvalue weighted by Crippen LogP contribution is -2.39. The Morgan fingerprint density at radius 2 is 1.75 bits per heavy atom. The number of carbonyl (C=O) groups is 2. The summed E-state index contributed by atoms with van der Waals surface area (Å²) in [4.78, 5) is 25.7. The lowest BCUT2D eigenvalue weighted by Gasteiger charge is -2.18. The Bertz CT molecular complexity index is 692. The third-order valence-corrected chi connectivity index (χ3v) is 4.32. The molecule has 0 bridgehead atoms. The number of hydrogen-bond donors (Lipinski definition) is 1. The summed E-state index contributed by atoms with van der Waals surface area (Å²) in [6.07, 6.45) is 0. The zero-order valence-electron chi connectivity index (χ0n) is 13.4. The second-order valence-corrected chi connectivity index (χ2v) is 6.30. The van der Waals surface area contributed by atoms with Crippen molar-refractivity contribution >= 4 is 34.4 Å². The number of ether oxygens (including phenoxy) is 1. The molecule has 0 aliphatic carbocycles. The highest BCUT2D eigenvalue weighted by Gasteiger charge is 2.13. The number of halogens is 1. The van der Waals surface area contributed by atoms with Crippen molar-refractivity contribution in [3.8, 4) is 5.75 Å². The van der Waals surface area contributed by atoms with Gasteiger partial charge in [0.1, 0.15) is 12.4 Å². The largest absolute Gasteiger partial charge is 0.492 e. The molecule has 0 radical (unpaired) electrons. The molecule has 24 heavy (non-hydrogen) atoms. The van der Waals surface area contributed by atoms with E-state index in [1.807, 2.05) is 42.5 Å². The van der Waals surface area contributed by atoms with Crippen LogP contribution in [0.3, 0.4) is 0 Å². The van der Waals surface area contributed by atoms with Gasteiger partial charge in [0, 0.05) is 10.6 Å². The Kier molecular flexibility index (Phi) is 7.05. The minimum Gasteiger partial charge on any atom is -0.492 e. The summed E-state index contributed by atoms with van der Waals surface area (Å²) in [6.45, 7) is 0.814. The molecule has 0 aromatic heterocycles. The van der Waals surface area contributed by atoms with Gasteiger partial charge in [-0.05, 0) is 46.9 Å². The molecule has 126 valence electrons. The number of nitrogens with one attached hydrogen (secondary N) is 1. The van der Waals surface area contributed by atoms with Crippen molar-refractivity contribution < 1.29 is 14.3 Å². The first-order valence-corrected chi connectivity index (χ1v) is 8.60. The van der Waals surface area contributed by atoms with E-state index in [1.54, 1.807) is 24.1 Å². The Morgan fingerprint density at radius 1 is 1.08 bits per heavy atom. The van der Waals surface area contributed by atoms with Gasteiger partial charge >= 0.3 is 0 Å². The molecule has 0 heterocycles. The maximum atomic E-state index is 12.1. The monoisotopic (exact) mass is 438 g/mol. The van der Waals surface area contributed by atoms with E-state index in [1.165, 1.54) is 0 Å². The van der Waals surface area contributed by atoms with Crippen LogP contribution in [0, 0.1) is 3.57 Å². The number of carbonyl (C=O) groups excluding carboxylic acids is 2. The molecular formula is C18H19IN2O3. The second kappa shape index (κ2) is 9.27. The molecule has 0 aliphatic heterocycles. The summed E-state index contributed by atoms with van der Waals surface area (Å²) in [5.41, 5.74) is 0.570. The maximum absolute atomic E-state index is 12.1. The molecule has 2 amide bonds. The fraction of sp³-hybridized carbons (Fsp3) is 0.222. The fourth-order valence-electron chi connectivity index (χ4n) is 1.97. The van der Waals surface area contributed by atoms with Crippen molar-refractivity contribution in [2.75, 3.05) is 26.7 Å². The first kappa shape index (κ1) is 18.3. The van der Waals surface area contributed by atoms with Crippen molar-refractivity contribution in [2.24, 2.45) is 0 Å². The molecule has 0 aliphatic rings. The van der Waals surface area contributed by atoms with Crippen LogP contribution in [0.2, 0.25) is 0 Å². The summed E-state index contributed by atoms with van der Waals surface area (Å²) >= 11 is 2.10. The zero-order chi connectivity index (χ0) is 17.4. The molecule has 0 fully saturated rings. The summed E-state index contributed by atoms with van der Waals surface area (Å²) in [5.74, 6) is 0.360. The Morgan fingerprint density at radius 3 is 2.46 bits per heavy atom. The lowest BCUT2D eigenvalue weighted by molar-refractivity contribution is -0.129. The quantitative estimate of drug-likeness (QED) is 0.677. The first-order valence-electron chi connectivity index (χ1n) is 7.52. The van der Waals surface area contributed by atoms with Gasteiger partial charge in [0.15, 0.2) is 0 Å². The van der Waals surface area contributed by atoms with E-state index in [-0.39, 0.29) is 18.4 Å². The number of likely N-dealkylation sites (N-methyl/N-ethyl adjacent to an activating group) is 1. The highest BCUT2D eigenvalue weighted by Crippen LogP contribution is 2.11. The van der Waals surface area contributed by atoms with Crippen molar-refractivity contribution in [3.63, 3.8) is 0 Å². The second-order valence-electron chi connectivity index (χ2n) is 5.14. The third-order valence-electron chi connectivity index (χ3n) is 3.38. The molecule has 6 heteroatoms. The summed E-state index contributed by atoms with van der Waals surface area (Å²) < 4.78 is 6.41. The SMILES string of the molecule is CN(CCOc1ccccc1)C(=O)CNC(=O)c1ccccc1I. The molecule has 5 nitrogen and oxygen atoms in total. The molecule has 0 spiro atoms. The fourth-order valence-corrected chi connectivity index (χ4v) is 2.61. The van der Waals surface area contributed by atoms with Gasteiger partial charge < -0.3 is 15.0 Å². The summed E-state index contributed by atoms with van der Waals surface area (Å²) in [7, 11) is 1.69. The van der Waals surface area contributed by atoms with Gasteiger partial charge in [-0.1, -0.05) is 30.3 Å². The van der Waals surface area contributed by atoms with E-state index in [9.17, 15) is 9.59 Å². The van der Waals surface area contributed by atoms with Gasteiger partial charge in [-0.15, -0.1) is 0 Å². The van der Waals surface area contributed by atoms with E-state index >= 15 is 0 Å². The molecule has 1 N–H and O–H groups in total. The summed E-state index contributed by atoms with van der Waals surface area (Å²) in [5, 5.41) is 2.65. The number of amides is 2. The van der Waals surface area contributed by atoms with Gasteiger partial charge in [0.25, 0.3) is 5.91 Å². The van der Waals surface area contributed by atoms with Crippen molar-refractivity contribution in [2.45, 2.75) is 0 Å². The van der Waals surface area contributed by atoms with Gasteiger partial charge in [-0.2, -0.15) is 0 Å². The topological polar surface area (TPSA) is 58.6 Å². The van der Waals surface area contributed by atoms with Gasteiger partial charge in [-0.3, -0.25) is 9.59 Å². The molecule has 0 saturated carbocycles. The molecule has 0 unspecified atom stereocenters. The molecule has 0 atom stereocenters. The standard InChI is InChI=1S/C18H19IN2O3/c1-21(11-12-24-14-7-3-2-4-8-14)17(22)13-20-18(23)15-9-5-6-10-16(15)19/h2-10H,11-13H2,1H3,(H,20,23). The number of nitrogens with zero attached hydrogens (tertiary/aromatic N) is 1. The van der Waals surface area contributed by atoms with Crippen LogP contribution < -0.4 is 10.1 Å². The summed E-state index contributed by atoms with van der Waals surface area (Å²) in [6, 6.07) is 16.7. The minimum absolute atomic E-state index is 0.0361. The Hall–Kier alpha value is -2.09. The van der Waals surface area contributed by atoms with Crippen molar-refractivity contribution in [1.82, 2.24) is 10.2 Å². The average Bonchev–Trinajstić information content (AvgIpc) is 2.60. The number of hydrogen-bond acceptors (Lipinski definition) is 3. The predicted molar refractivity (Wildman–Crippen MR) is 101 cm³/mol. The van der Waals surface area contributed by atoms with Crippen LogP contribution in [0.4, 0.5) is 0 Å². The van der Waals surface area contributed by atoms with Crippen LogP contribution >= 0.6 is 22.6 Å². The molecule has 2 aromatic rings. The van der Waals surface area contributed by atoms with Crippen LogP contribution in [-0.4, -0.2) is 43.5 Å². The van der Waals surface area contributed by atoms with E-state index in [0.29, 0.717) is 18.7 Å². The van der Waals surface area contributed by atoms with E-state index in [2.05, 4.69) is 27.9 Å². The molecule has 0 saturated heterocycles. The van der Waals surface area contributed by atoms with E-state index in [0.717, 1.165) is 9.32 Å². The number of benzene rings is 2. The number of rotatable bonds is 7. The lowest BCUT2D eigenvalue weighted by atomic mass is 10.2. The Balaban J connectivity index is 1.73. The van der Waals surface area contributed by atoms with E-state index in [4.69, 9.17) is 4.74 Å². The van der Waals surface area contributed by atoms with E-state index < -0.39 is 0 Å². The molecule has 2 rings (SSSR count). The normalized spacial score (nSPS) is 10.1. The highest BCUT2D eigenvalue weighted by atomic mass is 127. The molecular weight excluding hydrogens is 419 g/mol. The van der Waals surface area contributed by atoms with Crippen LogP contribution in [0.15, 0.2) is 54.6 Å². The van der Waals surface area contributed by atoms with Gasteiger partial charge in [-0.25, -0.2) is 0 Å². The highest BCUT2D eigenvalue weighted by molar-refractivity contribution is 14.1. The average molecular weight is 438 g/mol. The zero-order valence-corrected chi connectivity index (χ0v) is 15.5. The third kappa shape index (κ3) is 5.52. The first-order chi connectivity index (χ1) is 11.6. The van der Waals surface area contributed by atoms with Crippen LogP contribution in [0.5, 0.6) is 5.75 Å². The predicted octanol–water partition coefficient (Wildman–Crippen LogP) is 2.56. The number of para-hydroxylation sites is 1.